The summed E-state index contributed by atoms with van der Waals surface area (Å²) in [5.74, 6) is -0.217. The molecule has 0 aliphatic carbocycles. The maximum Gasteiger partial charge on any atom is 0.167 e. The average molecular weight is 288 g/mol. The van der Waals surface area contributed by atoms with Crippen molar-refractivity contribution in [2.45, 2.75) is 20.8 Å². The molecule has 0 bridgehead atoms. The second-order valence-corrected chi connectivity index (χ2v) is 5.12. The van der Waals surface area contributed by atoms with Crippen molar-refractivity contribution in [3.05, 3.63) is 47.3 Å². The molecular formula is C17H21FN2O. The molecular weight excluding hydrogens is 267 g/mol. The third-order valence-electron chi connectivity index (χ3n) is 3.46. The van der Waals surface area contributed by atoms with E-state index in [4.69, 9.17) is 10.5 Å². The smallest absolute Gasteiger partial charge is 0.167 e. The van der Waals surface area contributed by atoms with Gasteiger partial charge in [0.15, 0.2) is 11.6 Å². The Morgan fingerprint density at radius 2 is 1.86 bits per heavy atom. The normalized spacial score (nSPS) is 10.5. The van der Waals surface area contributed by atoms with Crippen LogP contribution < -0.4 is 15.4 Å². The Balaban J connectivity index is 2.47. The van der Waals surface area contributed by atoms with E-state index in [-0.39, 0.29) is 5.75 Å². The van der Waals surface area contributed by atoms with Gasteiger partial charge in [0.05, 0.1) is 18.0 Å². The fraction of sp³-hybridized carbons (Fsp3) is 0.294. The number of halogens is 1. The molecule has 0 fully saturated rings. The Kier molecular flexibility index (Phi) is 4.36. The summed E-state index contributed by atoms with van der Waals surface area (Å²) in [7, 11) is 1.91. The summed E-state index contributed by atoms with van der Waals surface area (Å²) in [6, 6.07) is 9.14. The monoisotopic (exact) mass is 288 g/mol. The first-order valence-corrected chi connectivity index (χ1v) is 6.96. The van der Waals surface area contributed by atoms with Crippen molar-refractivity contribution in [2.24, 2.45) is 0 Å². The van der Waals surface area contributed by atoms with Gasteiger partial charge in [-0.15, -0.1) is 0 Å². The predicted molar refractivity (Wildman–Crippen MR) is 86.0 cm³/mol. The van der Waals surface area contributed by atoms with Crippen molar-refractivity contribution in [3.8, 4) is 5.75 Å². The first-order valence-electron chi connectivity index (χ1n) is 6.96. The summed E-state index contributed by atoms with van der Waals surface area (Å²) in [4.78, 5) is 1.95. The zero-order chi connectivity index (χ0) is 15.6. The lowest BCUT2D eigenvalue weighted by Crippen LogP contribution is -2.13. The molecule has 0 aromatic heterocycles. The van der Waals surface area contributed by atoms with Crippen LogP contribution >= 0.6 is 0 Å². The van der Waals surface area contributed by atoms with E-state index in [1.165, 1.54) is 11.6 Å². The topological polar surface area (TPSA) is 38.5 Å². The maximum absolute atomic E-state index is 13.8. The van der Waals surface area contributed by atoms with E-state index in [9.17, 15) is 4.39 Å². The number of anilines is 3. The van der Waals surface area contributed by atoms with Crippen LogP contribution in [0.1, 0.15) is 18.1 Å². The van der Waals surface area contributed by atoms with Gasteiger partial charge in [-0.2, -0.15) is 0 Å². The van der Waals surface area contributed by atoms with Crippen molar-refractivity contribution in [2.75, 3.05) is 24.3 Å². The number of benzene rings is 2. The van der Waals surface area contributed by atoms with Crippen molar-refractivity contribution in [1.82, 2.24) is 0 Å². The van der Waals surface area contributed by atoms with Crippen molar-refractivity contribution in [3.63, 3.8) is 0 Å². The number of rotatable bonds is 4. The molecule has 0 saturated heterocycles. The Hall–Kier alpha value is -2.23. The lowest BCUT2D eigenvalue weighted by Gasteiger charge is -2.24. The van der Waals surface area contributed by atoms with Gasteiger partial charge in [0.2, 0.25) is 0 Å². The number of nitrogens with two attached hydrogens (primary N) is 1. The zero-order valence-corrected chi connectivity index (χ0v) is 12.9. The van der Waals surface area contributed by atoms with Gasteiger partial charge in [-0.25, -0.2) is 4.39 Å². The molecule has 0 unspecified atom stereocenters. The third kappa shape index (κ3) is 3.10. The average Bonchev–Trinajstić information content (AvgIpc) is 2.41. The lowest BCUT2D eigenvalue weighted by atomic mass is 10.1. The van der Waals surface area contributed by atoms with E-state index in [1.807, 2.05) is 37.9 Å². The fourth-order valence-electron chi connectivity index (χ4n) is 2.43. The van der Waals surface area contributed by atoms with Crippen molar-refractivity contribution >= 4 is 17.1 Å². The van der Waals surface area contributed by atoms with Gasteiger partial charge in [-0.1, -0.05) is 17.7 Å². The van der Waals surface area contributed by atoms with Crippen LogP contribution in [0.15, 0.2) is 30.3 Å². The van der Waals surface area contributed by atoms with Gasteiger partial charge >= 0.3 is 0 Å². The lowest BCUT2D eigenvalue weighted by molar-refractivity contribution is 0.322. The molecule has 0 aliphatic heterocycles. The number of aryl methyl sites for hydroxylation is 2. The van der Waals surface area contributed by atoms with Gasteiger partial charge < -0.3 is 15.4 Å². The third-order valence-corrected chi connectivity index (χ3v) is 3.46. The van der Waals surface area contributed by atoms with Gasteiger partial charge in [0.1, 0.15) is 0 Å². The van der Waals surface area contributed by atoms with Crippen LogP contribution in [0.5, 0.6) is 5.75 Å². The standard InChI is InChI=1S/C17H21FN2O/c1-5-21-17-10-16(14(19)9-13(17)18)20(4)15-7-6-11(2)8-12(15)3/h6-10H,5,19H2,1-4H3. The van der Waals surface area contributed by atoms with E-state index in [0.29, 0.717) is 12.3 Å². The molecule has 2 aromatic carbocycles. The molecule has 3 nitrogen and oxygen atoms in total. The Morgan fingerprint density at radius 3 is 2.48 bits per heavy atom. The van der Waals surface area contributed by atoms with Crippen LogP contribution in [-0.2, 0) is 0 Å². The summed E-state index contributed by atoms with van der Waals surface area (Å²) in [6.45, 7) is 6.33. The molecule has 2 rings (SSSR count). The number of ether oxygens (including phenoxy) is 1. The summed E-state index contributed by atoms with van der Waals surface area (Å²) in [5, 5.41) is 0. The molecule has 0 radical (unpaired) electrons. The maximum atomic E-state index is 13.8. The van der Waals surface area contributed by atoms with Crippen LogP contribution in [0.3, 0.4) is 0 Å². The van der Waals surface area contributed by atoms with E-state index in [2.05, 4.69) is 13.0 Å². The summed E-state index contributed by atoms with van der Waals surface area (Å²) in [5.41, 5.74) is 10.5. The van der Waals surface area contributed by atoms with Crippen LogP contribution in [0.4, 0.5) is 21.5 Å². The first-order chi connectivity index (χ1) is 9.93. The quantitative estimate of drug-likeness (QED) is 0.857. The summed E-state index contributed by atoms with van der Waals surface area (Å²) >= 11 is 0. The molecule has 0 heterocycles. The highest BCUT2D eigenvalue weighted by molar-refractivity contribution is 5.77. The second-order valence-electron chi connectivity index (χ2n) is 5.12. The van der Waals surface area contributed by atoms with Gasteiger partial charge in [-0.3, -0.25) is 0 Å². The Morgan fingerprint density at radius 1 is 1.14 bits per heavy atom. The first kappa shape index (κ1) is 15.2. The number of nitrogen functional groups attached to an aromatic ring is 1. The minimum absolute atomic E-state index is 0.221. The van der Waals surface area contributed by atoms with Gasteiger partial charge in [0, 0.05) is 24.9 Å². The molecule has 21 heavy (non-hydrogen) atoms. The fourth-order valence-corrected chi connectivity index (χ4v) is 2.43. The Bertz CT molecular complexity index is 655. The van der Waals surface area contributed by atoms with Crippen molar-refractivity contribution in [1.29, 1.82) is 0 Å². The summed E-state index contributed by atoms with van der Waals surface area (Å²) in [6.07, 6.45) is 0. The SMILES string of the molecule is CCOc1cc(N(C)c2ccc(C)cc2C)c(N)cc1F. The molecule has 0 saturated carbocycles. The molecule has 0 atom stereocenters. The van der Waals surface area contributed by atoms with Crippen LogP contribution in [0.25, 0.3) is 0 Å². The van der Waals surface area contributed by atoms with E-state index in [1.54, 1.807) is 6.07 Å². The van der Waals surface area contributed by atoms with E-state index < -0.39 is 5.82 Å². The molecule has 2 N–H and O–H groups in total. The van der Waals surface area contributed by atoms with Gasteiger partial charge in [0.25, 0.3) is 0 Å². The largest absolute Gasteiger partial charge is 0.491 e. The van der Waals surface area contributed by atoms with Gasteiger partial charge in [-0.05, 0) is 32.4 Å². The van der Waals surface area contributed by atoms with Crippen LogP contribution in [0.2, 0.25) is 0 Å². The highest BCUT2D eigenvalue weighted by atomic mass is 19.1. The minimum Gasteiger partial charge on any atom is -0.491 e. The minimum atomic E-state index is -0.438. The molecule has 4 heteroatoms. The number of hydrogen-bond acceptors (Lipinski definition) is 3. The number of hydrogen-bond donors (Lipinski definition) is 1. The molecule has 2 aromatic rings. The van der Waals surface area contributed by atoms with Crippen molar-refractivity contribution < 1.29 is 9.13 Å². The second kappa shape index (κ2) is 6.04. The Labute approximate surface area is 125 Å². The van der Waals surface area contributed by atoms with Crippen LogP contribution in [-0.4, -0.2) is 13.7 Å². The molecule has 0 spiro atoms. The van der Waals surface area contributed by atoms with E-state index in [0.717, 1.165) is 16.9 Å². The zero-order valence-electron chi connectivity index (χ0n) is 12.9. The highest BCUT2D eigenvalue weighted by Crippen LogP contribution is 2.35. The number of nitrogens with zero attached hydrogens (tertiary/aromatic N) is 1. The molecule has 112 valence electrons. The van der Waals surface area contributed by atoms with Crippen LogP contribution in [0, 0.1) is 19.7 Å². The predicted octanol–water partition coefficient (Wildman–Crippen LogP) is 4.19. The highest BCUT2D eigenvalue weighted by Gasteiger charge is 2.14. The summed E-state index contributed by atoms with van der Waals surface area (Å²) < 4.78 is 19.1. The molecule has 0 amide bonds. The molecule has 0 aliphatic rings. The van der Waals surface area contributed by atoms with E-state index >= 15 is 0 Å².